The van der Waals surface area contributed by atoms with Gasteiger partial charge in [-0.25, -0.2) is 0 Å². The van der Waals surface area contributed by atoms with Crippen molar-refractivity contribution in [2.24, 2.45) is 5.92 Å². The minimum absolute atomic E-state index is 0.421. The summed E-state index contributed by atoms with van der Waals surface area (Å²) < 4.78 is 5.31. The van der Waals surface area contributed by atoms with Gasteiger partial charge < -0.3 is 10.1 Å². The van der Waals surface area contributed by atoms with E-state index in [1.807, 2.05) is 18.2 Å². The number of hydrogen-bond acceptors (Lipinski definition) is 2. The molecule has 1 N–H and O–H groups in total. The highest BCUT2D eigenvalue weighted by molar-refractivity contribution is 6.30. The van der Waals surface area contributed by atoms with E-state index in [9.17, 15) is 0 Å². The number of methoxy groups -OCH3 is 1. The van der Waals surface area contributed by atoms with E-state index in [-0.39, 0.29) is 0 Å². The number of benzene rings is 1. The largest absolute Gasteiger partial charge is 0.495 e. The number of halogens is 1. The monoisotopic (exact) mass is 255 g/mol. The third-order valence-electron chi connectivity index (χ3n) is 2.74. The average molecular weight is 256 g/mol. The first kappa shape index (κ1) is 14.2. The van der Waals surface area contributed by atoms with Gasteiger partial charge in [-0.05, 0) is 43.9 Å². The molecule has 1 aromatic carbocycles. The van der Waals surface area contributed by atoms with Crippen molar-refractivity contribution < 1.29 is 4.74 Å². The zero-order valence-electron chi connectivity index (χ0n) is 11.1. The topological polar surface area (TPSA) is 21.3 Å². The van der Waals surface area contributed by atoms with Gasteiger partial charge in [0.05, 0.1) is 12.8 Å². The van der Waals surface area contributed by atoms with E-state index in [2.05, 4.69) is 26.1 Å². The lowest BCUT2D eigenvalue weighted by atomic mass is 10.0. The molecule has 0 spiro atoms. The summed E-state index contributed by atoms with van der Waals surface area (Å²) >= 11 is 5.99. The normalized spacial score (nSPS) is 12.6. The van der Waals surface area contributed by atoms with Crippen LogP contribution in [0, 0.1) is 5.92 Å². The van der Waals surface area contributed by atoms with Crippen molar-refractivity contribution in [1.29, 1.82) is 0 Å². The van der Waals surface area contributed by atoms with Crippen LogP contribution in [0.5, 0.6) is 5.75 Å². The summed E-state index contributed by atoms with van der Waals surface area (Å²) in [6.07, 6.45) is 2.37. The molecule has 0 amide bonds. The highest BCUT2D eigenvalue weighted by Gasteiger charge is 2.08. The first-order chi connectivity index (χ1) is 8.02. The Morgan fingerprint density at radius 1 is 1.24 bits per heavy atom. The van der Waals surface area contributed by atoms with Crippen molar-refractivity contribution in [2.75, 3.05) is 12.4 Å². The molecule has 0 aromatic heterocycles. The summed E-state index contributed by atoms with van der Waals surface area (Å²) in [5, 5.41) is 4.17. The second kappa shape index (κ2) is 6.75. The summed E-state index contributed by atoms with van der Waals surface area (Å²) in [5.41, 5.74) is 0.969. The zero-order valence-corrected chi connectivity index (χ0v) is 11.8. The molecule has 17 heavy (non-hydrogen) atoms. The molecule has 0 saturated heterocycles. The van der Waals surface area contributed by atoms with Crippen molar-refractivity contribution in [3.63, 3.8) is 0 Å². The molecule has 96 valence electrons. The van der Waals surface area contributed by atoms with Crippen LogP contribution in [-0.4, -0.2) is 13.2 Å². The minimum Gasteiger partial charge on any atom is -0.495 e. The predicted molar refractivity (Wildman–Crippen MR) is 75.2 cm³/mol. The first-order valence-corrected chi connectivity index (χ1v) is 6.50. The third kappa shape index (κ3) is 4.86. The SMILES string of the molecule is COc1ccc(Cl)cc1NC(C)CCC(C)C. The highest BCUT2D eigenvalue weighted by atomic mass is 35.5. The van der Waals surface area contributed by atoms with Crippen LogP contribution < -0.4 is 10.1 Å². The molecule has 0 aliphatic rings. The molecule has 0 aliphatic carbocycles. The Hall–Kier alpha value is -0.890. The minimum atomic E-state index is 0.421. The van der Waals surface area contributed by atoms with E-state index in [1.165, 1.54) is 6.42 Å². The van der Waals surface area contributed by atoms with Gasteiger partial charge in [0.15, 0.2) is 0 Å². The van der Waals surface area contributed by atoms with Crippen LogP contribution in [0.15, 0.2) is 18.2 Å². The second-order valence-electron chi connectivity index (χ2n) is 4.86. The van der Waals surface area contributed by atoms with E-state index in [0.29, 0.717) is 6.04 Å². The summed E-state index contributed by atoms with van der Waals surface area (Å²) in [7, 11) is 1.67. The molecular weight excluding hydrogens is 234 g/mol. The molecule has 2 nitrogen and oxygen atoms in total. The maximum atomic E-state index is 5.99. The van der Waals surface area contributed by atoms with Crippen molar-refractivity contribution >= 4 is 17.3 Å². The predicted octanol–water partition coefficient (Wildman–Crippen LogP) is 4.59. The number of ether oxygens (including phenoxy) is 1. The number of rotatable bonds is 6. The van der Waals surface area contributed by atoms with Gasteiger partial charge in [0, 0.05) is 11.1 Å². The van der Waals surface area contributed by atoms with E-state index in [0.717, 1.165) is 28.8 Å². The van der Waals surface area contributed by atoms with Gasteiger partial charge in [-0.1, -0.05) is 25.4 Å². The smallest absolute Gasteiger partial charge is 0.142 e. The maximum Gasteiger partial charge on any atom is 0.142 e. The fraction of sp³-hybridized carbons (Fsp3) is 0.571. The Bertz CT molecular complexity index is 352. The summed E-state index contributed by atoms with van der Waals surface area (Å²) in [5.74, 6) is 1.58. The fourth-order valence-corrected chi connectivity index (χ4v) is 1.89. The lowest BCUT2D eigenvalue weighted by Gasteiger charge is -2.18. The zero-order chi connectivity index (χ0) is 12.8. The molecule has 0 fully saturated rings. The van der Waals surface area contributed by atoms with Crippen LogP contribution in [0.3, 0.4) is 0 Å². The van der Waals surface area contributed by atoms with Gasteiger partial charge in [-0.3, -0.25) is 0 Å². The Morgan fingerprint density at radius 2 is 1.94 bits per heavy atom. The summed E-state index contributed by atoms with van der Waals surface area (Å²) in [4.78, 5) is 0. The molecular formula is C14H22ClNO. The van der Waals surface area contributed by atoms with E-state index in [1.54, 1.807) is 7.11 Å². The van der Waals surface area contributed by atoms with Crippen LogP contribution in [0.2, 0.25) is 5.02 Å². The second-order valence-corrected chi connectivity index (χ2v) is 5.30. The number of anilines is 1. The molecule has 1 atom stereocenters. The highest BCUT2D eigenvalue weighted by Crippen LogP contribution is 2.28. The van der Waals surface area contributed by atoms with E-state index < -0.39 is 0 Å². The van der Waals surface area contributed by atoms with Crippen LogP contribution in [-0.2, 0) is 0 Å². The molecule has 0 heterocycles. The number of hydrogen-bond donors (Lipinski definition) is 1. The quantitative estimate of drug-likeness (QED) is 0.803. The van der Waals surface area contributed by atoms with Crippen LogP contribution in [0.25, 0.3) is 0 Å². The Balaban J connectivity index is 2.63. The van der Waals surface area contributed by atoms with Gasteiger partial charge in [0.2, 0.25) is 0 Å². The molecule has 1 unspecified atom stereocenters. The molecule has 0 saturated carbocycles. The summed E-state index contributed by atoms with van der Waals surface area (Å²) in [6, 6.07) is 6.06. The Kier molecular flexibility index (Phi) is 5.63. The van der Waals surface area contributed by atoms with Gasteiger partial charge in [-0.2, -0.15) is 0 Å². The van der Waals surface area contributed by atoms with Crippen molar-refractivity contribution in [1.82, 2.24) is 0 Å². The summed E-state index contributed by atoms with van der Waals surface area (Å²) in [6.45, 7) is 6.67. The van der Waals surface area contributed by atoms with Crippen LogP contribution >= 0.6 is 11.6 Å². The van der Waals surface area contributed by atoms with E-state index >= 15 is 0 Å². The van der Waals surface area contributed by atoms with Crippen LogP contribution in [0.1, 0.15) is 33.6 Å². The fourth-order valence-electron chi connectivity index (χ4n) is 1.71. The van der Waals surface area contributed by atoms with Gasteiger partial charge in [0.25, 0.3) is 0 Å². The molecule has 0 radical (unpaired) electrons. The Labute approximate surface area is 109 Å². The lowest BCUT2D eigenvalue weighted by molar-refractivity contribution is 0.415. The maximum absolute atomic E-state index is 5.99. The van der Waals surface area contributed by atoms with Crippen molar-refractivity contribution in [3.8, 4) is 5.75 Å². The van der Waals surface area contributed by atoms with E-state index in [4.69, 9.17) is 16.3 Å². The van der Waals surface area contributed by atoms with Gasteiger partial charge >= 0.3 is 0 Å². The standard InChI is InChI=1S/C14H22ClNO/c1-10(2)5-6-11(3)16-13-9-12(15)7-8-14(13)17-4/h7-11,16H,5-6H2,1-4H3. The molecule has 3 heteroatoms. The van der Waals surface area contributed by atoms with Gasteiger partial charge in [-0.15, -0.1) is 0 Å². The molecule has 1 aromatic rings. The average Bonchev–Trinajstić information content (AvgIpc) is 2.27. The van der Waals surface area contributed by atoms with Crippen molar-refractivity contribution in [2.45, 2.75) is 39.7 Å². The van der Waals surface area contributed by atoms with Crippen molar-refractivity contribution in [3.05, 3.63) is 23.2 Å². The first-order valence-electron chi connectivity index (χ1n) is 6.13. The molecule has 1 rings (SSSR count). The van der Waals surface area contributed by atoms with Crippen LogP contribution in [0.4, 0.5) is 5.69 Å². The Morgan fingerprint density at radius 3 is 2.53 bits per heavy atom. The molecule has 0 bridgehead atoms. The molecule has 0 aliphatic heterocycles. The van der Waals surface area contributed by atoms with Gasteiger partial charge in [0.1, 0.15) is 5.75 Å². The third-order valence-corrected chi connectivity index (χ3v) is 2.98. The number of nitrogens with one attached hydrogen (secondary N) is 1. The lowest BCUT2D eigenvalue weighted by Crippen LogP contribution is -2.16.